The van der Waals surface area contributed by atoms with E-state index in [0.717, 1.165) is 17.7 Å². The first kappa shape index (κ1) is 13.3. The molecule has 0 aliphatic heterocycles. The molecule has 0 aromatic heterocycles. The number of hydrogen-bond donors (Lipinski definition) is 0. The van der Waals surface area contributed by atoms with Gasteiger partial charge in [-0.15, -0.1) is 0 Å². The highest BCUT2D eigenvalue weighted by Gasteiger charge is 2.01. The molecule has 102 valence electrons. The molecule has 21 heavy (non-hydrogen) atoms. The van der Waals surface area contributed by atoms with Gasteiger partial charge in [-0.3, -0.25) is 4.99 Å². The van der Waals surface area contributed by atoms with Crippen molar-refractivity contribution in [2.45, 2.75) is 6.42 Å². The zero-order chi connectivity index (χ0) is 14.3. The fourth-order valence-corrected chi connectivity index (χ4v) is 2.29. The zero-order valence-electron chi connectivity index (χ0n) is 11.8. The topological polar surface area (TPSA) is 12.4 Å². The number of aliphatic imine (C=N–C) groups is 1. The first-order valence-electron chi connectivity index (χ1n) is 7.13. The second-order valence-electron chi connectivity index (χ2n) is 4.96. The second-order valence-corrected chi connectivity index (χ2v) is 4.96. The molecule has 3 rings (SSSR count). The number of nitrogens with zero attached hydrogens (tertiary/aromatic N) is 1. The summed E-state index contributed by atoms with van der Waals surface area (Å²) in [5.41, 5.74) is 4.70. The summed E-state index contributed by atoms with van der Waals surface area (Å²) in [5, 5.41) is 0. The van der Waals surface area contributed by atoms with E-state index in [4.69, 9.17) is 0 Å². The second kappa shape index (κ2) is 6.67. The molecule has 0 N–H and O–H groups in total. The van der Waals surface area contributed by atoms with E-state index in [1.165, 1.54) is 11.1 Å². The third-order valence-corrected chi connectivity index (χ3v) is 3.38. The number of rotatable bonds is 4. The molecule has 0 unspecified atom stereocenters. The molecule has 0 aliphatic carbocycles. The molecule has 0 fully saturated rings. The van der Waals surface area contributed by atoms with Crippen molar-refractivity contribution < 1.29 is 0 Å². The highest BCUT2D eigenvalue weighted by Crippen LogP contribution is 2.21. The number of hydrogen-bond acceptors (Lipinski definition) is 1. The number of benzene rings is 3. The minimum atomic E-state index is 0.906. The van der Waals surface area contributed by atoms with E-state index < -0.39 is 0 Å². The van der Waals surface area contributed by atoms with Crippen LogP contribution in [0.5, 0.6) is 0 Å². The van der Waals surface area contributed by atoms with Crippen LogP contribution >= 0.6 is 0 Å². The third kappa shape index (κ3) is 3.67. The van der Waals surface area contributed by atoms with E-state index in [-0.39, 0.29) is 0 Å². The van der Waals surface area contributed by atoms with Gasteiger partial charge in [-0.25, -0.2) is 0 Å². The lowest BCUT2D eigenvalue weighted by Gasteiger charge is -2.05. The SMILES string of the molecule is C(=Nc1ccccc1Cc1ccccc1)c1ccccc1. The highest BCUT2D eigenvalue weighted by molar-refractivity contribution is 5.82. The van der Waals surface area contributed by atoms with E-state index in [2.05, 4.69) is 59.6 Å². The van der Waals surface area contributed by atoms with Crippen LogP contribution in [0.15, 0.2) is 89.9 Å². The Morgan fingerprint density at radius 3 is 2.05 bits per heavy atom. The third-order valence-electron chi connectivity index (χ3n) is 3.38. The molecule has 0 bridgehead atoms. The Labute approximate surface area is 125 Å². The maximum Gasteiger partial charge on any atom is 0.0665 e. The summed E-state index contributed by atoms with van der Waals surface area (Å²) in [4.78, 5) is 4.65. The van der Waals surface area contributed by atoms with E-state index in [1.807, 2.05) is 36.5 Å². The smallest absolute Gasteiger partial charge is 0.0665 e. The van der Waals surface area contributed by atoms with Gasteiger partial charge < -0.3 is 0 Å². The Balaban J connectivity index is 1.84. The normalized spacial score (nSPS) is 10.9. The largest absolute Gasteiger partial charge is 0.256 e. The summed E-state index contributed by atoms with van der Waals surface area (Å²) in [5.74, 6) is 0. The van der Waals surface area contributed by atoms with Crippen LogP contribution in [0.4, 0.5) is 5.69 Å². The van der Waals surface area contributed by atoms with Gasteiger partial charge in [-0.2, -0.15) is 0 Å². The van der Waals surface area contributed by atoms with Crippen LogP contribution in [-0.2, 0) is 6.42 Å². The predicted molar refractivity (Wildman–Crippen MR) is 89.4 cm³/mol. The Hall–Kier alpha value is -2.67. The summed E-state index contributed by atoms with van der Waals surface area (Å²) < 4.78 is 0. The summed E-state index contributed by atoms with van der Waals surface area (Å²) >= 11 is 0. The van der Waals surface area contributed by atoms with Crippen molar-refractivity contribution in [3.8, 4) is 0 Å². The lowest BCUT2D eigenvalue weighted by molar-refractivity contribution is 1.18. The van der Waals surface area contributed by atoms with Crippen molar-refractivity contribution in [1.29, 1.82) is 0 Å². The van der Waals surface area contributed by atoms with Gasteiger partial charge in [-0.1, -0.05) is 78.9 Å². The van der Waals surface area contributed by atoms with Crippen molar-refractivity contribution in [3.63, 3.8) is 0 Å². The molecule has 1 nitrogen and oxygen atoms in total. The molecule has 0 amide bonds. The summed E-state index contributed by atoms with van der Waals surface area (Å²) in [6.07, 6.45) is 2.83. The van der Waals surface area contributed by atoms with Gasteiger partial charge in [0, 0.05) is 6.21 Å². The van der Waals surface area contributed by atoms with Crippen molar-refractivity contribution in [1.82, 2.24) is 0 Å². The summed E-state index contributed by atoms with van der Waals surface area (Å²) in [6.45, 7) is 0. The van der Waals surface area contributed by atoms with Crippen LogP contribution in [0.3, 0.4) is 0 Å². The Morgan fingerprint density at radius 2 is 1.29 bits per heavy atom. The predicted octanol–water partition coefficient (Wildman–Crippen LogP) is 5.03. The Morgan fingerprint density at radius 1 is 0.667 bits per heavy atom. The highest BCUT2D eigenvalue weighted by atomic mass is 14.7. The zero-order valence-corrected chi connectivity index (χ0v) is 11.8. The molecule has 0 saturated heterocycles. The van der Waals surface area contributed by atoms with Crippen LogP contribution < -0.4 is 0 Å². The van der Waals surface area contributed by atoms with E-state index >= 15 is 0 Å². The molecule has 0 atom stereocenters. The minimum absolute atomic E-state index is 0.906. The quantitative estimate of drug-likeness (QED) is 0.590. The van der Waals surface area contributed by atoms with Gasteiger partial charge in [0.1, 0.15) is 0 Å². The van der Waals surface area contributed by atoms with E-state index in [9.17, 15) is 0 Å². The fourth-order valence-electron chi connectivity index (χ4n) is 2.29. The molecule has 0 spiro atoms. The van der Waals surface area contributed by atoms with Crippen molar-refractivity contribution >= 4 is 11.9 Å². The lowest BCUT2D eigenvalue weighted by atomic mass is 10.0. The van der Waals surface area contributed by atoms with Gasteiger partial charge >= 0.3 is 0 Å². The van der Waals surface area contributed by atoms with E-state index in [1.54, 1.807) is 0 Å². The van der Waals surface area contributed by atoms with Gasteiger partial charge in [0.2, 0.25) is 0 Å². The van der Waals surface area contributed by atoms with Crippen molar-refractivity contribution in [2.24, 2.45) is 4.99 Å². The minimum Gasteiger partial charge on any atom is -0.256 e. The first-order valence-corrected chi connectivity index (χ1v) is 7.13. The first-order chi connectivity index (χ1) is 10.4. The Bertz CT molecular complexity index is 715. The number of para-hydroxylation sites is 1. The molecule has 3 aromatic rings. The fraction of sp³-hybridized carbons (Fsp3) is 0.0500. The summed E-state index contributed by atoms with van der Waals surface area (Å²) in [6, 6.07) is 29.0. The maximum absolute atomic E-state index is 4.65. The average Bonchev–Trinajstić information content (AvgIpc) is 2.56. The molecule has 3 aromatic carbocycles. The average molecular weight is 271 g/mol. The summed E-state index contributed by atoms with van der Waals surface area (Å²) in [7, 11) is 0. The molecular formula is C20H17N. The molecule has 0 radical (unpaired) electrons. The molecular weight excluding hydrogens is 254 g/mol. The van der Waals surface area contributed by atoms with Gasteiger partial charge in [0.15, 0.2) is 0 Å². The van der Waals surface area contributed by atoms with Crippen LogP contribution in [-0.4, -0.2) is 6.21 Å². The maximum atomic E-state index is 4.65. The van der Waals surface area contributed by atoms with E-state index in [0.29, 0.717) is 0 Å². The van der Waals surface area contributed by atoms with Crippen LogP contribution in [0.1, 0.15) is 16.7 Å². The van der Waals surface area contributed by atoms with Gasteiger partial charge in [-0.05, 0) is 29.2 Å². The van der Waals surface area contributed by atoms with Crippen molar-refractivity contribution in [3.05, 3.63) is 102 Å². The van der Waals surface area contributed by atoms with Crippen LogP contribution in [0.2, 0.25) is 0 Å². The van der Waals surface area contributed by atoms with Crippen LogP contribution in [0, 0.1) is 0 Å². The van der Waals surface area contributed by atoms with Crippen LogP contribution in [0.25, 0.3) is 0 Å². The Kier molecular flexibility index (Phi) is 4.23. The lowest BCUT2D eigenvalue weighted by Crippen LogP contribution is -1.88. The molecule has 0 saturated carbocycles. The molecule has 0 aliphatic rings. The van der Waals surface area contributed by atoms with Gasteiger partial charge in [0.05, 0.1) is 5.69 Å². The van der Waals surface area contributed by atoms with Gasteiger partial charge in [0.25, 0.3) is 0 Å². The monoisotopic (exact) mass is 271 g/mol. The standard InChI is InChI=1S/C20H17N/c1-3-9-17(10-4-1)15-19-13-7-8-14-20(19)21-16-18-11-5-2-6-12-18/h1-14,16H,15H2. The van der Waals surface area contributed by atoms with Crippen molar-refractivity contribution in [2.75, 3.05) is 0 Å². The molecule has 1 heteroatoms. The molecule has 0 heterocycles.